The number of amides is 2. The molecule has 1 aliphatic heterocycles. The van der Waals surface area contributed by atoms with Crippen LogP contribution in [-0.4, -0.2) is 69.7 Å². The number of piperazine rings is 1. The molecular weight excluding hydrogens is 500 g/mol. The zero-order valence-corrected chi connectivity index (χ0v) is 23.0. The standard InChI is InChI=1S/C29H36N4O4S/c1-21(31-29(35)28(34)30-14-13-22-11-12-24(36-2)25(20-22)37-3)27(26-10-7-19-38-26)33-17-15-32(16-18-33)23-8-5-4-6-9-23/h4-12,19-21,27H,13-18H2,1-3H3,(H,30,34)(H,31,35)/t21-,27+/m1/s1. The molecule has 0 bridgehead atoms. The highest BCUT2D eigenvalue weighted by molar-refractivity contribution is 7.10. The molecular formula is C29H36N4O4S. The first-order chi connectivity index (χ1) is 18.5. The van der Waals surface area contributed by atoms with Gasteiger partial charge in [-0.15, -0.1) is 11.3 Å². The van der Waals surface area contributed by atoms with Gasteiger partial charge in [-0.1, -0.05) is 30.3 Å². The van der Waals surface area contributed by atoms with Crippen LogP contribution in [0.5, 0.6) is 11.5 Å². The van der Waals surface area contributed by atoms with Gasteiger partial charge in [0.2, 0.25) is 0 Å². The van der Waals surface area contributed by atoms with Crippen molar-refractivity contribution in [3.63, 3.8) is 0 Å². The predicted octanol–water partition coefficient (Wildman–Crippen LogP) is 3.49. The second-order valence-electron chi connectivity index (χ2n) is 9.28. The second-order valence-corrected chi connectivity index (χ2v) is 10.3. The second kappa shape index (κ2) is 13.3. The van der Waals surface area contributed by atoms with Crippen LogP contribution in [0, 0.1) is 0 Å². The summed E-state index contributed by atoms with van der Waals surface area (Å²) in [5, 5.41) is 7.75. The molecule has 0 spiro atoms. The normalized spacial score (nSPS) is 15.4. The van der Waals surface area contributed by atoms with Gasteiger partial charge in [-0.2, -0.15) is 0 Å². The smallest absolute Gasteiger partial charge is 0.309 e. The lowest BCUT2D eigenvalue weighted by Crippen LogP contribution is -2.53. The first-order valence-electron chi connectivity index (χ1n) is 12.9. The van der Waals surface area contributed by atoms with Crippen LogP contribution in [0.1, 0.15) is 23.4 Å². The number of benzene rings is 2. The van der Waals surface area contributed by atoms with Crippen molar-refractivity contribution in [3.8, 4) is 11.5 Å². The van der Waals surface area contributed by atoms with E-state index in [0.29, 0.717) is 24.5 Å². The predicted molar refractivity (Wildman–Crippen MR) is 151 cm³/mol. The maximum Gasteiger partial charge on any atom is 0.309 e. The fraction of sp³-hybridized carbons (Fsp3) is 0.379. The molecule has 1 aliphatic rings. The molecule has 0 aliphatic carbocycles. The molecule has 202 valence electrons. The number of hydrogen-bond donors (Lipinski definition) is 2. The van der Waals surface area contributed by atoms with Crippen molar-refractivity contribution in [1.29, 1.82) is 0 Å². The van der Waals surface area contributed by atoms with E-state index in [0.717, 1.165) is 31.7 Å². The Kier molecular flexibility index (Phi) is 9.62. The van der Waals surface area contributed by atoms with Crippen LogP contribution >= 0.6 is 11.3 Å². The molecule has 0 saturated carbocycles. The molecule has 2 amide bonds. The number of carbonyl (C=O) groups is 2. The zero-order chi connectivity index (χ0) is 26.9. The van der Waals surface area contributed by atoms with Crippen molar-refractivity contribution in [2.24, 2.45) is 0 Å². The van der Waals surface area contributed by atoms with Crippen molar-refractivity contribution in [2.45, 2.75) is 25.4 Å². The third-order valence-electron chi connectivity index (χ3n) is 6.85. The minimum atomic E-state index is -0.629. The lowest BCUT2D eigenvalue weighted by atomic mass is 10.0. The maximum atomic E-state index is 12.8. The van der Waals surface area contributed by atoms with Crippen molar-refractivity contribution in [3.05, 3.63) is 76.5 Å². The van der Waals surface area contributed by atoms with Gasteiger partial charge in [0.15, 0.2) is 11.5 Å². The Morgan fingerprint density at radius 3 is 2.32 bits per heavy atom. The highest BCUT2D eigenvalue weighted by atomic mass is 32.1. The van der Waals surface area contributed by atoms with Crippen LogP contribution in [0.15, 0.2) is 66.0 Å². The number of nitrogens with one attached hydrogen (secondary N) is 2. The first-order valence-corrected chi connectivity index (χ1v) is 13.7. The first kappa shape index (κ1) is 27.5. The monoisotopic (exact) mass is 536 g/mol. The highest BCUT2D eigenvalue weighted by Gasteiger charge is 2.31. The van der Waals surface area contributed by atoms with E-state index in [4.69, 9.17) is 9.47 Å². The molecule has 38 heavy (non-hydrogen) atoms. The van der Waals surface area contributed by atoms with Gasteiger partial charge >= 0.3 is 11.8 Å². The fourth-order valence-electron chi connectivity index (χ4n) is 4.89. The minimum Gasteiger partial charge on any atom is -0.493 e. The molecule has 1 aromatic heterocycles. The van der Waals surface area contributed by atoms with E-state index in [1.165, 1.54) is 10.6 Å². The summed E-state index contributed by atoms with van der Waals surface area (Å²) in [4.78, 5) is 31.4. The summed E-state index contributed by atoms with van der Waals surface area (Å²) in [6, 6.07) is 19.9. The van der Waals surface area contributed by atoms with Crippen molar-refractivity contribution in [2.75, 3.05) is 51.8 Å². The Morgan fingerprint density at radius 2 is 1.66 bits per heavy atom. The Labute approximate surface area is 228 Å². The minimum absolute atomic E-state index is 0.00330. The van der Waals surface area contributed by atoms with Crippen LogP contribution in [0.25, 0.3) is 0 Å². The third kappa shape index (κ3) is 6.85. The molecule has 2 aromatic carbocycles. The zero-order valence-electron chi connectivity index (χ0n) is 22.2. The molecule has 8 nitrogen and oxygen atoms in total. The van der Waals surface area contributed by atoms with Gasteiger partial charge in [0.1, 0.15) is 0 Å². The topological polar surface area (TPSA) is 83.1 Å². The van der Waals surface area contributed by atoms with E-state index >= 15 is 0 Å². The Bertz CT molecular complexity index is 1180. The van der Waals surface area contributed by atoms with Crippen LogP contribution in [0.4, 0.5) is 5.69 Å². The average molecular weight is 537 g/mol. The third-order valence-corrected chi connectivity index (χ3v) is 7.79. The molecule has 1 fully saturated rings. The number of hydrogen-bond acceptors (Lipinski definition) is 7. The number of para-hydroxylation sites is 1. The Morgan fingerprint density at radius 1 is 0.921 bits per heavy atom. The van der Waals surface area contributed by atoms with Gasteiger partial charge in [-0.25, -0.2) is 0 Å². The molecule has 0 unspecified atom stereocenters. The molecule has 2 N–H and O–H groups in total. The lowest BCUT2D eigenvalue weighted by molar-refractivity contribution is -0.139. The van der Waals surface area contributed by atoms with E-state index in [1.54, 1.807) is 25.6 Å². The average Bonchev–Trinajstić information content (AvgIpc) is 3.48. The van der Waals surface area contributed by atoms with Crippen LogP contribution in [0.2, 0.25) is 0 Å². The van der Waals surface area contributed by atoms with Crippen molar-refractivity contribution < 1.29 is 19.1 Å². The van der Waals surface area contributed by atoms with Gasteiger partial charge < -0.3 is 25.0 Å². The number of carbonyl (C=O) groups excluding carboxylic acids is 2. The molecule has 9 heteroatoms. The maximum absolute atomic E-state index is 12.8. The van der Waals surface area contributed by atoms with Crippen LogP contribution in [0.3, 0.4) is 0 Å². The van der Waals surface area contributed by atoms with E-state index < -0.39 is 11.8 Å². The van der Waals surface area contributed by atoms with Gasteiger partial charge in [0, 0.05) is 49.3 Å². The number of rotatable bonds is 10. The van der Waals surface area contributed by atoms with E-state index in [9.17, 15) is 9.59 Å². The summed E-state index contributed by atoms with van der Waals surface area (Å²) >= 11 is 1.68. The van der Waals surface area contributed by atoms with Crippen molar-refractivity contribution >= 4 is 28.8 Å². The summed E-state index contributed by atoms with van der Waals surface area (Å²) in [6.45, 7) is 5.87. The molecule has 4 rings (SSSR count). The van der Waals surface area contributed by atoms with Gasteiger partial charge in [-0.05, 0) is 54.6 Å². The molecule has 0 radical (unpaired) electrons. The summed E-state index contributed by atoms with van der Waals surface area (Å²) in [6.07, 6.45) is 0.568. The molecule has 2 atom stereocenters. The molecule has 1 saturated heterocycles. The van der Waals surface area contributed by atoms with Gasteiger partial charge in [0.25, 0.3) is 0 Å². The van der Waals surface area contributed by atoms with Crippen LogP contribution in [-0.2, 0) is 16.0 Å². The van der Waals surface area contributed by atoms with E-state index in [2.05, 4.69) is 56.1 Å². The Hall–Kier alpha value is -3.56. The summed E-state index contributed by atoms with van der Waals surface area (Å²) in [7, 11) is 3.17. The molecule has 2 heterocycles. The van der Waals surface area contributed by atoms with Gasteiger partial charge in [-0.3, -0.25) is 14.5 Å². The summed E-state index contributed by atoms with van der Waals surface area (Å²) < 4.78 is 10.6. The molecule has 3 aromatic rings. The van der Waals surface area contributed by atoms with Crippen molar-refractivity contribution in [1.82, 2.24) is 15.5 Å². The number of methoxy groups -OCH3 is 2. The Balaban J connectivity index is 1.31. The number of ether oxygens (including phenoxy) is 2. The lowest BCUT2D eigenvalue weighted by Gasteiger charge is -2.42. The number of thiophene rings is 1. The number of nitrogens with zero attached hydrogens (tertiary/aromatic N) is 2. The SMILES string of the molecule is COc1ccc(CCNC(=O)C(=O)N[C@H](C)[C@@H](c2cccs2)N2CCN(c3ccccc3)CC2)cc1OC. The van der Waals surface area contributed by atoms with Gasteiger partial charge in [0.05, 0.1) is 20.3 Å². The number of anilines is 1. The quantitative estimate of drug-likeness (QED) is 0.386. The fourth-order valence-corrected chi connectivity index (χ4v) is 5.85. The largest absolute Gasteiger partial charge is 0.493 e. The van der Waals surface area contributed by atoms with Crippen LogP contribution < -0.4 is 25.0 Å². The van der Waals surface area contributed by atoms with E-state index in [1.807, 2.05) is 37.3 Å². The van der Waals surface area contributed by atoms with E-state index in [-0.39, 0.29) is 12.1 Å². The highest BCUT2D eigenvalue weighted by Crippen LogP contribution is 2.30. The summed E-state index contributed by atoms with van der Waals surface area (Å²) in [5.74, 6) is 0.0352. The summed E-state index contributed by atoms with van der Waals surface area (Å²) in [5.41, 5.74) is 2.20.